The van der Waals surface area contributed by atoms with Crippen LogP contribution in [-0.2, 0) is 11.3 Å². The van der Waals surface area contributed by atoms with Gasteiger partial charge in [0.2, 0.25) is 13.6 Å². The Morgan fingerprint density at radius 3 is 2.27 bits per heavy atom. The summed E-state index contributed by atoms with van der Waals surface area (Å²) in [5.74, 6) is 2.69. The zero-order valence-electron chi connectivity index (χ0n) is 29.7. The van der Waals surface area contributed by atoms with Crippen molar-refractivity contribution in [2.75, 3.05) is 57.6 Å². The molecule has 0 aliphatic carbocycles. The highest BCUT2D eigenvalue weighted by Crippen LogP contribution is 2.35. The molecule has 51 heavy (non-hydrogen) atoms. The van der Waals surface area contributed by atoms with Gasteiger partial charge in [-0.1, -0.05) is 13.0 Å². The fraction of sp³-hybridized carbons (Fsp3) is 0.474. The fourth-order valence-corrected chi connectivity index (χ4v) is 6.45. The van der Waals surface area contributed by atoms with Crippen molar-refractivity contribution >= 4 is 23.3 Å². The van der Waals surface area contributed by atoms with Crippen LogP contribution in [0.4, 0.5) is 16.2 Å². The highest BCUT2D eigenvalue weighted by Gasteiger charge is 2.31. The number of aliphatic hydroxyl groups is 1. The van der Waals surface area contributed by atoms with Crippen LogP contribution >= 0.6 is 0 Å². The van der Waals surface area contributed by atoms with Gasteiger partial charge in [-0.25, -0.2) is 4.79 Å². The van der Waals surface area contributed by atoms with E-state index < -0.39 is 12.1 Å². The number of nitrogens with zero attached hydrogens (tertiary/aromatic N) is 2. The Bertz CT molecular complexity index is 1690. The van der Waals surface area contributed by atoms with Gasteiger partial charge in [-0.2, -0.15) is 0 Å². The van der Waals surface area contributed by atoms with Crippen LogP contribution in [0.25, 0.3) is 0 Å². The number of fused-ring (bicyclic) bond motifs is 3. The van der Waals surface area contributed by atoms with Crippen molar-refractivity contribution in [3.8, 4) is 28.7 Å². The lowest BCUT2D eigenvalue weighted by atomic mass is 10.0. The van der Waals surface area contributed by atoms with E-state index in [1.54, 1.807) is 41.3 Å². The van der Waals surface area contributed by atoms with E-state index in [4.69, 9.17) is 28.4 Å². The number of rotatable bonds is 8. The van der Waals surface area contributed by atoms with Gasteiger partial charge in [-0.05, 0) is 88.2 Å². The maximum Gasteiger partial charge on any atom is 0.323 e. The molecular formula is C38H48N4O9. The maximum absolute atomic E-state index is 14.5. The second-order valence-corrected chi connectivity index (χ2v) is 13.5. The summed E-state index contributed by atoms with van der Waals surface area (Å²) in [6.45, 7) is 8.25. The molecule has 0 unspecified atom stereocenters. The van der Waals surface area contributed by atoms with Crippen LogP contribution in [0.15, 0.2) is 54.6 Å². The second kappa shape index (κ2) is 16.5. The molecule has 0 saturated carbocycles. The van der Waals surface area contributed by atoms with Crippen molar-refractivity contribution in [3.63, 3.8) is 0 Å². The van der Waals surface area contributed by atoms with Crippen molar-refractivity contribution < 1.29 is 43.1 Å². The number of carbonyl (C=O) groups is 2. The fourth-order valence-electron chi connectivity index (χ4n) is 6.45. The van der Waals surface area contributed by atoms with E-state index in [0.717, 1.165) is 36.3 Å². The normalized spacial score (nSPS) is 21.0. The maximum atomic E-state index is 14.5. The molecule has 3 N–H and O–H groups in total. The van der Waals surface area contributed by atoms with Crippen LogP contribution in [0.2, 0.25) is 0 Å². The lowest BCUT2D eigenvalue weighted by molar-refractivity contribution is -0.0177. The molecule has 274 valence electrons. The van der Waals surface area contributed by atoms with E-state index >= 15 is 0 Å². The first kappa shape index (κ1) is 36.1. The van der Waals surface area contributed by atoms with Gasteiger partial charge < -0.3 is 49.1 Å². The molecule has 0 aromatic heterocycles. The smallest absolute Gasteiger partial charge is 0.323 e. The monoisotopic (exact) mass is 704 g/mol. The number of likely N-dealkylation sites (N-methyl/N-ethyl adjacent to an activating group) is 1. The molecule has 0 spiro atoms. The molecule has 13 heteroatoms. The molecule has 0 radical (unpaired) electrons. The molecule has 3 amide bonds. The minimum atomic E-state index is -0.490. The van der Waals surface area contributed by atoms with Gasteiger partial charge in [0, 0.05) is 49.6 Å². The predicted molar refractivity (Wildman–Crippen MR) is 191 cm³/mol. The van der Waals surface area contributed by atoms with Crippen molar-refractivity contribution in [1.29, 1.82) is 0 Å². The highest BCUT2D eigenvalue weighted by atomic mass is 16.7. The van der Waals surface area contributed by atoms with Crippen molar-refractivity contribution in [2.24, 2.45) is 5.92 Å². The third-order valence-corrected chi connectivity index (χ3v) is 9.32. The Kier molecular flexibility index (Phi) is 11.7. The SMILES string of the molecule is C[C@@H]1CN([C@@H](C)CO)C(=O)c2cc(NC(=O)Nc3ccc4c(c3)OCO4)ccc2O[C@@H](C)CCCCO[C@H]1CN(C)Cc1ccc2c(c1)OCO2. The van der Waals surface area contributed by atoms with Gasteiger partial charge in [-0.3, -0.25) is 9.69 Å². The molecule has 0 bridgehead atoms. The van der Waals surface area contributed by atoms with E-state index in [1.807, 2.05) is 32.0 Å². The molecule has 6 rings (SSSR count). The van der Waals surface area contributed by atoms with Gasteiger partial charge in [0.1, 0.15) is 5.75 Å². The number of amides is 3. The summed E-state index contributed by atoms with van der Waals surface area (Å²) in [5.41, 5.74) is 2.33. The quantitative estimate of drug-likeness (QED) is 0.267. The zero-order valence-corrected chi connectivity index (χ0v) is 29.7. The summed E-state index contributed by atoms with van der Waals surface area (Å²) in [6.07, 6.45) is 2.18. The van der Waals surface area contributed by atoms with Crippen LogP contribution in [0.3, 0.4) is 0 Å². The van der Waals surface area contributed by atoms with Crippen LogP contribution in [0.1, 0.15) is 56.0 Å². The summed E-state index contributed by atoms with van der Waals surface area (Å²) < 4.78 is 34.7. The van der Waals surface area contributed by atoms with Crippen molar-refractivity contribution in [1.82, 2.24) is 9.80 Å². The average molecular weight is 705 g/mol. The third kappa shape index (κ3) is 9.15. The van der Waals surface area contributed by atoms with E-state index in [-0.39, 0.29) is 44.2 Å². The first-order chi connectivity index (χ1) is 24.7. The Morgan fingerprint density at radius 2 is 1.55 bits per heavy atom. The van der Waals surface area contributed by atoms with E-state index in [9.17, 15) is 14.7 Å². The van der Waals surface area contributed by atoms with Gasteiger partial charge in [0.25, 0.3) is 5.91 Å². The largest absolute Gasteiger partial charge is 0.490 e. The second-order valence-electron chi connectivity index (χ2n) is 13.5. The minimum absolute atomic E-state index is 0.0813. The summed E-state index contributed by atoms with van der Waals surface area (Å²) in [5, 5.41) is 15.9. The van der Waals surface area contributed by atoms with Gasteiger partial charge >= 0.3 is 6.03 Å². The highest BCUT2D eigenvalue weighted by molar-refractivity contribution is 6.02. The Labute approximate surface area is 298 Å². The van der Waals surface area contributed by atoms with Crippen LogP contribution in [0, 0.1) is 5.92 Å². The lowest BCUT2D eigenvalue weighted by Crippen LogP contribution is -2.47. The Balaban J connectivity index is 1.20. The first-order valence-corrected chi connectivity index (χ1v) is 17.6. The molecule has 13 nitrogen and oxygen atoms in total. The van der Waals surface area contributed by atoms with Gasteiger partial charge in [0.15, 0.2) is 23.0 Å². The summed E-state index contributed by atoms with van der Waals surface area (Å²) in [6, 6.07) is 15.2. The molecule has 3 aromatic rings. The van der Waals surface area contributed by atoms with Crippen molar-refractivity contribution in [3.05, 3.63) is 65.7 Å². The molecule has 4 atom stereocenters. The summed E-state index contributed by atoms with van der Waals surface area (Å²) in [4.78, 5) is 31.4. The van der Waals surface area contributed by atoms with Crippen LogP contribution < -0.4 is 34.3 Å². The van der Waals surface area contributed by atoms with E-state index in [1.165, 1.54) is 0 Å². The lowest BCUT2D eigenvalue weighted by Gasteiger charge is -2.36. The number of ether oxygens (including phenoxy) is 6. The predicted octanol–water partition coefficient (Wildman–Crippen LogP) is 5.72. The molecular weight excluding hydrogens is 656 g/mol. The van der Waals surface area contributed by atoms with Crippen molar-refractivity contribution in [2.45, 2.75) is 64.8 Å². The molecule has 3 aromatic carbocycles. The average Bonchev–Trinajstić information content (AvgIpc) is 3.78. The number of carbonyl (C=O) groups excluding carboxylic acids is 2. The molecule has 0 fully saturated rings. The number of anilines is 2. The Morgan fingerprint density at radius 1 is 0.902 bits per heavy atom. The third-order valence-electron chi connectivity index (χ3n) is 9.32. The minimum Gasteiger partial charge on any atom is -0.490 e. The van der Waals surface area contributed by atoms with Gasteiger partial charge in [-0.15, -0.1) is 0 Å². The zero-order chi connectivity index (χ0) is 35.9. The van der Waals surface area contributed by atoms with E-state index in [2.05, 4.69) is 29.5 Å². The van der Waals surface area contributed by atoms with Crippen LogP contribution in [-0.4, -0.2) is 92.0 Å². The first-order valence-electron chi connectivity index (χ1n) is 17.6. The number of nitrogens with one attached hydrogen (secondary N) is 2. The summed E-state index contributed by atoms with van der Waals surface area (Å²) >= 11 is 0. The molecule has 0 saturated heterocycles. The summed E-state index contributed by atoms with van der Waals surface area (Å²) in [7, 11) is 2.05. The molecule has 3 aliphatic heterocycles. The number of aliphatic hydroxyl groups excluding tert-OH is 1. The molecule has 3 aliphatic rings. The topological polar surface area (TPSA) is 140 Å². The molecule has 3 heterocycles. The van der Waals surface area contributed by atoms with Gasteiger partial charge in [0.05, 0.1) is 30.4 Å². The number of hydrogen-bond donors (Lipinski definition) is 3. The van der Waals surface area contributed by atoms with Crippen LogP contribution in [0.5, 0.6) is 28.7 Å². The number of hydrogen-bond acceptors (Lipinski definition) is 10. The standard InChI is InChI=1S/C38H48N4O9/c1-24-18-42(25(2)21-43)37(44)30-16-28(39-38(45)40-29-10-13-33-35(17-29)50-23-48-33)9-12-31(30)51-26(3)7-5-6-14-46-36(24)20-41(4)19-27-8-11-32-34(15-27)49-22-47-32/h8-13,15-17,24-26,36,43H,5-7,14,18-23H2,1-4H3,(H2,39,40,45)/t24-,25+,26+,36+/m1/s1. The number of urea groups is 1. The Hall–Kier alpha value is -4.72. The van der Waals surface area contributed by atoms with E-state index in [0.29, 0.717) is 60.4 Å². The number of benzene rings is 3.